The number of rotatable bonds is 4. The van der Waals surface area contributed by atoms with E-state index in [1.165, 1.54) is 5.56 Å². The van der Waals surface area contributed by atoms with Gasteiger partial charge in [-0.25, -0.2) is 0 Å². The van der Waals surface area contributed by atoms with Gasteiger partial charge >= 0.3 is 0 Å². The quantitative estimate of drug-likeness (QED) is 0.870. The van der Waals surface area contributed by atoms with Crippen LogP contribution in [0.15, 0.2) is 24.3 Å². The molecule has 19 heavy (non-hydrogen) atoms. The van der Waals surface area contributed by atoms with Crippen LogP contribution in [0.5, 0.6) is 0 Å². The minimum atomic E-state index is 0.142. The lowest BCUT2D eigenvalue weighted by molar-refractivity contribution is -0.121. The van der Waals surface area contributed by atoms with Gasteiger partial charge in [0.05, 0.1) is 6.42 Å². The van der Waals surface area contributed by atoms with Gasteiger partial charge in [-0.15, -0.1) is 0 Å². The number of benzene rings is 1. The Balaban J connectivity index is 1.83. The summed E-state index contributed by atoms with van der Waals surface area (Å²) in [5.74, 6) is 0.142. The molecule has 1 aromatic carbocycles. The molecule has 3 nitrogen and oxygen atoms in total. The van der Waals surface area contributed by atoms with Crippen molar-refractivity contribution in [3.63, 3.8) is 0 Å². The minimum absolute atomic E-state index is 0.142. The monoisotopic (exact) mass is 260 g/mol. The average molecular weight is 260 g/mol. The van der Waals surface area contributed by atoms with E-state index in [4.69, 9.17) is 0 Å². The molecule has 104 valence electrons. The third kappa shape index (κ3) is 4.35. The molecule has 1 heterocycles. The molecule has 0 saturated carbocycles. The van der Waals surface area contributed by atoms with Gasteiger partial charge in [-0.05, 0) is 43.9 Å². The number of nitrogens with one attached hydrogen (secondary N) is 2. The fourth-order valence-electron chi connectivity index (χ4n) is 2.62. The van der Waals surface area contributed by atoms with Crippen LogP contribution >= 0.6 is 0 Å². The van der Waals surface area contributed by atoms with Crippen molar-refractivity contribution in [2.24, 2.45) is 0 Å². The van der Waals surface area contributed by atoms with Gasteiger partial charge < -0.3 is 10.6 Å². The van der Waals surface area contributed by atoms with E-state index in [1.54, 1.807) is 0 Å². The first kappa shape index (κ1) is 14.1. The van der Waals surface area contributed by atoms with Gasteiger partial charge in [0.2, 0.25) is 5.91 Å². The van der Waals surface area contributed by atoms with Gasteiger partial charge in [0.15, 0.2) is 0 Å². The molecule has 0 aromatic heterocycles. The summed E-state index contributed by atoms with van der Waals surface area (Å²) in [5, 5.41) is 6.54. The van der Waals surface area contributed by atoms with Gasteiger partial charge in [0.25, 0.3) is 0 Å². The average Bonchev–Trinajstić information content (AvgIpc) is 2.39. The zero-order valence-electron chi connectivity index (χ0n) is 11.9. The van der Waals surface area contributed by atoms with Gasteiger partial charge in [0.1, 0.15) is 0 Å². The van der Waals surface area contributed by atoms with Crippen molar-refractivity contribution in [3.8, 4) is 0 Å². The third-order valence-electron chi connectivity index (χ3n) is 3.78. The normalized spacial score (nSPS) is 23.1. The Morgan fingerprint density at radius 3 is 2.63 bits per heavy atom. The predicted molar refractivity (Wildman–Crippen MR) is 78.2 cm³/mol. The van der Waals surface area contributed by atoms with E-state index >= 15 is 0 Å². The van der Waals surface area contributed by atoms with Crippen LogP contribution in [0.2, 0.25) is 0 Å². The lowest BCUT2D eigenvalue weighted by Crippen LogP contribution is -2.46. The maximum absolute atomic E-state index is 12.0. The van der Waals surface area contributed by atoms with E-state index in [1.807, 2.05) is 0 Å². The molecule has 1 aliphatic rings. The van der Waals surface area contributed by atoms with E-state index in [2.05, 4.69) is 48.7 Å². The molecule has 2 atom stereocenters. The number of carbonyl (C=O) groups is 1. The zero-order valence-corrected chi connectivity index (χ0v) is 11.9. The molecule has 2 rings (SSSR count). The first-order valence-electron chi connectivity index (χ1n) is 7.28. The number of hydrogen-bond acceptors (Lipinski definition) is 2. The van der Waals surface area contributed by atoms with Crippen molar-refractivity contribution in [1.29, 1.82) is 0 Å². The van der Waals surface area contributed by atoms with Crippen molar-refractivity contribution in [3.05, 3.63) is 35.4 Å². The maximum Gasteiger partial charge on any atom is 0.224 e. The van der Waals surface area contributed by atoms with Crippen molar-refractivity contribution >= 4 is 5.91 Å². The summed E-state index contributed by atoms with van der Waals surface area (Å²) in [6, 6.07) is 9.17. The predicted octanol–water partition coefficient (Wildman–Crippen LogP) is 2.05. The minimum Gasteiger partial charge on any atom is -0.353 e. The van der Waals surface area contributed by atoms with Crippen molar-refractivity contribution < 1.29 is 4.79 Å². The molecule has 1 saturated heterocycles. The summed E-state index contributed by atoms with van der Waals surface area (Å²) in [6.45, 7) is 5.30. The standard InChI is InChI=1S/C16H24N2O/c1-3-13-4-6-14(7-5-13)11-16(19)18-15-8-9-17-12(2)10-15/h4-7,12,15,17H,3,8-11H2,1-2H3,(H,18,19). The van der Waals surface area contributed by atoms with Crippen molar-refractivity contribution in [1.82, 2.24) is 10.6 Å². The summed E-state index contributed by atoms with van der Waals surface area (Å²) in [4.78, 5) is 12.0. The molecule has 1 amide bonds. The van der Waals surface area contributed by atoms with Crippen LogP contribution < -0.4 is 10.6 Å². The van der Waals surface area contributed by atoms with Crippen LogP contribution in [0, 0.1) is 0 Å². The maximum atomic E-state index is 12.0. The largest absolute Gasteiger partial charge is 0.353 e. The molecular formula is C16H24N2O. The van der Waals surface area contributed by atoms with E-state index in [0.717, 1.165) is 31.4 Å². The Bertz CT molecular complexity index is 413. The van der Waals surface area contributed by atoms with Gasteiger partial charge in [0, 0.05) is 12.1 Å². The Morgan fingerprint density at radius 2 is 2.00 bits per heavy atom. The first-order valence-corrected chi connectivity index (χ1v) is 7.28. The number of carbonyl (C=O) groups excluding carboxylic acids is 1. The molecule has 0 radical (unpaired) electrons. The highest BCUT2D eigenvalue weighted by Crippen LogP contribution is 2.09. The topological polar surface area (TPSA) is 41.1 Å². The van der Waals surface area contributed by atoms with Crippen LogP contribution in [-0.2, 0) is 17.6 Å². The fraction of sp³-hybridized carbons (Fsp3) is 0.562. The molecule has 2 N–H and O–H groups in total. The zero-order chi connectivity index (χ0) is 13.7. The Hall–Kier alpha value is -1.35. The number of piperidine rings is 1. The van der Waals surface area contributed by atoms with E-state index < -0.39 is 0 Å². The highest BCUT2D eigenvalue weighted by Gasteiger charge is 2.19. The van der Waals surface area contributed by atoms with Crippen LogP contribution in [0.25, 0.3) is 0 Å². The van der Waals surface area contributed by atoms with E-state index in [-0.39, 0.29) is 5.91 Å². The summed E-state index contributed by atoms with van der Waals surface area (Å²) < 4.78 is 0. The molecule has 1 aliphatic heterocycles. The second kappa shape index (κ2) is 6.71. The lowest BCUT2D eigenvalue weighted by atomic mass is 10.00. The van der Waals surface area contributed by atoms with Crippen LogP contribution in [0.4, 0.5) is 0 Å². The molecule has 1 aromatic rings. The van der Waals surface area contributed by atoms with Crippen molar-refractivity contribution in [2.75, 3.05) is 6.54 Å². The Labute approximate surface area is 115 Å². The van der Waals surface area contributed by atoms with Gasteiger partial charge in [-0.1, -0.05) is 31.2 Å². The summed E-state index contributed by atoms with van der Waals surface area (Å²) in [7, 11) is 0. The highest BCUT2D eigenvalue weighted by molar-refractivity contribution is 5.78. The van der Waals surface area contributed by atoms with E-state index in [0.29, 0.717) is 18.5 Å². The summed E-state index contributed by atoms with van der Waals surface area (Å²) in [6.07, 6.45) is 3.59. The molecule has 3 heteroatoms. The number of aryl methyl sites for hydroxylation is 1. The smallest absolute Gasteiger partial charge is 0.224 e. The molecule has 0 spiro atoms. The van der Waals surface area contributed by atoms with Crippen LogP contribution in [0.1, 0.15) is 37.8 Å². The molecule has 1 fully saturated rings. The second-order valence-corrected chi connectivity index (χ2v) is 5.49. The highest BCUT2D eigenvalue weighted by atomic mass is 16.1. The summed E-state index contributed by atoms with van der Waals surface area (Å²) >= 11 is 0. The van der Waals surface area contributed by atoms with Crippen LogP contribution in [-0.4, -0.2) is 24.5 Å². The summed E-state index contributed by atoms with van der Waals surface area (Å²) in [5.41, 5.74) is 2.41. The van der Waals surface area contributed by atoms with Gasteiger partial charge in [-0.3, -0.25) is 4.79 Å². The third-order valence-corrected chi connectivity index (χ3v) is 3.78. The van der Waals surface area contributed by atoms with Crippen molar-refractivity contribution in [2.45, 2.75) is 51.6 Å². The number of hydrogen-bond donors (Lipinski definition) is 2. The van der Waals surface area contributed by atoms with Crippen LogP contribution in [0.3, 0.4) is 0 Å². The van der Waals surface area contributed by atoms with Gasteiger partial charge in [-0.2, -0.15) is 0 Å². The fourth-order valence-corrected chi connectivity index (χ4v) is 2.62. The Morgan fingerprint density at radius 1 is 1.32 bits per heavy atom. The first-order chi connectivity index (χ1) is 9.17. The molecular weight excluding hydrogens is 236 g/mol. The Kier molecular flexibility index (Phi) is 4.97. The second-order valence-electron chi connectivity index (χ2n) is 5.49. The number of amides is 1. The lowest BCUT2D eigenvalue weighted by Gasteiger charge is -2.28. The molecule has 2 unspecified atom stereocenters. The van der Waals surface area contributed by atoms with E-state index in [9.17, 15) is 4.79 Å². The molecule has 0 bridgehead atoms. The molecule has 0 aliphatic carbocycles. The SMILES string of the molecule is CCc1ccc(CC(=O)NC2CCNC(C)C2)cc1.